The molecule has 180 valence electrons. The van der Waals surface area contributed by atoms with Gasteiger partial charge in [0, 0.05) is 36.1 Å². The van der Waals surface area contributed by atoms with Crippen molar-refractivity contribution in [2.45, 2.75) is 44.3 Å². The minimum atomic E-state index is -4.53. The van der Waals surface area contributed by atoms with E-state index in [0.717, 1.165) is 37.4 Å². The third kappa shape index (κ3) is 4.71. The summed E-state index contributed by atoms with van der Waals surface area (Å²) >= 11 is 0. The monoisotopic (exact) mass is 484 g/mol. The van der Waals surface area contributed by atoms with E-state index in [-0.39, 0.29) is 28.0 Å². The van der Waals surface area contributed by atoms with Gasteiger partial charge in [0.15, 0.2) is 5.78 Å². The van der Waals surface area contributed by atoms with Crippen LogP contribution in [-0.4, -0.2) is 42.9 Å². The van der Waals surface area contributed by atoms with Gasteiger partial charge in [0.05, 0.1) is 16.5 Å². The predicted octanol–water partition coefficient (Wildman–Crippen LogP) is 4.95. The van der Waals surface area contributed by atoms with Crippen LogP contribution in [0.4, 0.5) is 23.4 Å². The van der Waals surface area contributed by atoms with Gasteiger partial charge in [-0.25, -0.2) is 15.0 Å². The number of hydrogen-bond acceptors (Lipinski definition) is 6. The van der Waals surface area contributed by atoms with Gasteiger partial charge < -0.3 is 10.3 Å². The third-order valence-electron chi connectivity index (χ3n) is 5.94. The lowest BCUT2D eigenvalue weighted by molar-refractivity contribution is -0.138. The molecule has 1 atom stereocenters. The highest BCUT2D eigenvalue weighted by Crippen LogP contribution is 2.38. The average molecular weight is 484 g/mol. The molecule has 0 unspecified atom stereocenters. The molecule has 0 aromatic carbocycles. The van der Waals surface area contributed by atoms with Crippen LogP contribution in [0.3, 0.4) is 0 Å². The smallest absolute Gasteiger partial charge is 0.358 e. The number of pyridine rings is 2. The highest BCUT2D eigenvalue weighted by atomic mass is 19.4. The molecule has 4 heterocycles. The first-order valence-electron chi connectivity index (χ1n) is 11.0. The number of alkyl halides is 3. The van der Waals surface area contributed by atoms with Crippen LogP contribution < -0.4 is 5.32 Å². The molecule has 35 heavy (non-hydrogen) atoms. The Kier molecular flexibility index (Phi) is 5.70. The minimum Gasteiger partial charge on any atom is -0.358 e. The fourth-order valence-electron chi connectivity index (χ4n) is 3.79. The number of aromatic amines is 1. The SMILES string of the molecule is C[C@@H](Nc1ncnc2[nH]cc(C(=O)c3ccc(Cc4ccc(C5CC5)nc4)nc3F)c12)C(F)(F)F. The molecule has 4 aromatic heterocycles. The summed E-state index contributed by atoms with van der Waals surface area (Å²) in [4.78, 5) is 32.1. The summed E-state index contributed by atoms with van der Waals surface area (Å²) < 4.78 is 54.0. The normalized spacial score (nSPS) is 14.8. The van der Waals surface area contributed by atoms with Gasteiger partial charge in [0.2, 0.25) is 5.95 Å². The second-order valence-corrected chi connectivity index (χ2v) is 8.57. The first kappa shape index (κ1) is 22.9. The van der Waals surface area contributed by atoms with Crippen molar-refractivity contribution < 1.29 is 22.4 Å². The Bertz CT molecular complexity index is 1400. The van der Waals surface area contributed by atoms with E-state index >= 15 is 0 Å². The Morgan fingerprint density at radius 1 is 1.14 bits per heavy atom. The Morgan fingerprint density at radius 3 is 2.60 bits per heavy atom. The zero-order chi connectivity index (χ0) is 24.7. The van der Waals surface area contributed by atoms with Gasteiger partial charge in [-0.3, -0.25) is 9.78 Å². The van der Waals surface area contributed by atoms with Crippen LogP contribution in [0, 0.1) is 5.95 Å². The number of carbonyl (C=O) groups excluding carboxylic acids is 1. The minimum absolute atomic E-state index is 0.0407. The van der Waals surface area contributed by atoms with Gasteiger partial charge in [-0.2, -0.15) is 17.6 Å². The van der Waals surface area contributed by atoms with Gasteiger partial charge in [0.25, 0.3) is 0 Å². The topological polar surface area (TPSA) is 96.5 Å². The molecule has 0 bridgehead atoms. The maximum Gasteiger partial charge on any atom is 0.408 e. The summed E-state index contributed by atoms with van der Waals surface area (Å²) in [6.45, 7) is 0.930. The number of anilines is 1. The second kappa shape index (κ2) is 8.71. The third-order valence-corrected chi connectivity index (χ3v) is 5.94. The highest BCUT2D eigenvalue weighted by molar-refractivity contribution is 6.18. The van der Waals surface area contributed by atoms with E-state index in [9.17, 15) is 22.4 Å². The first-order chi connectivity index (χ1) is 16.7. The Morgan fingerprint density at radius 2 is 1.94 bits per heavy atom. The van der Waals surface area contributed by atoms with Gasteiger partial charge in [-0.05, 0) is 43.5 Å². The largest absolute Gasteiger partial charge is 0.408 e. The van der Waals surface area contributed by atoms with Crippen LogP contribution in [0.1, 0.15) is 58.6 Å². The van der Waals surface area contributed by atoms with E-state index in [1.807, 2.05) is 12.1 Å². The lowest BCUT2D eigenvalue weighted by Gasteiger charge is -2.18. The fraction of sp³-hybridized carbons (Fsp3) is 0.292. The van der Waals surface area contributed by atoms with Crippen molar-refractivity contribution in [3.8, 4) is 0 Å². The summed E-state index contributed by atoms with van der Waals surface area (Å²) in [5.41, 5.74) is 2.11. The lowest BCUT2D eigenvalue weighted by atomic mass is 10.0. The average Bonchev–Trinajstić information content (AvgIpc) is 3.57. The molecule has 1 aliphatic carbocycles. The van der Waals surface area contributed by atoms with E-state index in [2.05, 4.69) is 30.2 Å². The molecule has 1 aliphatic rings. The summed E-state index contributed by atoms with van der Waals surface area (Å²) in [5.74, 6) is -1.37. The molecule has 0 amide bonds. The van der Waals surface area contributed by atoms with Gasteiger partial charge >= 0.3 is 6.18 Å². The Balaban J connectivity index is 1.40. The molecule has 1 fully saturated rings. The number of aromatic nitrogens is 5. The zero-order valence-electron chi connectivity index (χ0n) is 18.5. The second-order valence-electron chi connectivity index (χ2n) is 8.57. The van der Waals surface area contributed by atoms with Crippen molar-refractivity contribution in [3.63, 3.8) is 0 Å². The summed E-state index contributed by atoms with van der Waals surface area (Å²) in [6, 6.07) is 4.83. The predicted molar refractivity (Wildman–Crippen MR) is 120 cm³/mol. The van der Waals surface area contributed by atoms with E-state index in [4.69, 9.17) is 0 Å². The summed E-state index contributed by atoms with van der Waals surface area (Å²) in [6.07, 6.45) is 2.19. The van der Waals surface area contributed by atoms with E-state index in [0.29, 0.717) is 18.0 Å². The maximum atomic E-state index is 14.9. The van der Waals surface area contributed by atoms with E-state index in [1.165, 1.54) is 12.3 Å². The Hall–Kier alpha value is -3.89. The molecular formula is C24H20F4N6O. The number of carbonyl (C=O) groups is 1. The number of nitrogens with zero attached hydrogens (tertiary/aromatic N) is 4. The molecule has 7 nitrogen and oxygen atoms in total. The lowest BCUT2D eigenvalue weighted by Crippen LogP contribution is -2.33. The Labute approximate surface area is 197 Å². The van der Waals surface area contributed by atoms with Gasteiger partial charge in [-0.1, -0.05) is 6.07 Å². The van der Waals surface area contributed by atoms with Crippen LogP contribution in [-0.2, 0) is 6.42 Å². The zero-order valence-corrected chi connectivity index (χ0v) is 18.5. The van der Waals surface area contributed by atoms with Crippen molar-refractivity contribution in [3.05, 3.63) is 77.0 Å². The molecule has 1 saturated carbocycles. The molecular weight excluding hydrogens is 464 g/mol. The standard InChI is InChI=1S/C24H20F4N6O/c1-12(24(26,27)28)33-23-19-17(10-30-22(19)31-11-32-23)20(35)16-6-5-15(34-21(16)25)8-13-2-7-18(29-9-13)14-3-4-14/h2,5-7,9-12,14H,3-4,8H2,1H3,(H2,30,31,32,33)/t12-/m1/s1. The van der Waals surface area contributed by atoms with Crippen LogP contribution in [0.5, 0.6) is 0 Å². The molecule has 5 rings (SSSR count). The van der Waals surface area contributed by atoms with Crippen molar-refractivity contribution in [1.82, 2.24) is 24.9 Å². The quantitative estimate of drug-likeness (QED) is 0.219. The maximum absolute atomic E-state index is 14.9. The number of hydrogen-bond donors (Lipinski definition) is 2. The van der Waals surface area contributed by atoms with Crippen molar-refractivity contribution in [2.75, 3.05) is 5.32 Å². The van der Waals surface area contributed by atoms with Gasteiger partial charge in [-0.15, -0.1) is 0 Å². The molecule has 11 heteroatoms. The van der Waals surface area contributed by atoms with Crippen LogP contribution in [0.15, 0.2) is 43.0 Å². The number of fused-ring (bicyclic) bond motifs is 1. The first-order valence-corrected chi connectivity index (χ1v) is 11.0. The number of nitrogens with one attached hydrogen (secondary N) is 2. The van der Waals surface area contributed by atoms with Crippen LogP contribution in [0.25, 0.3) is 11.0 Å². The van der Waals surface area contributed by atoms with Gasteiger partial charge in [0.1, 0.15) is 23.8 Å². The van der Waals surface area contributed by atoms with Crippen molar-refractivity contribution in [2.24, 2.45) is 0 Å². The number of halogens is 4. The molecule has 0 aliphatic heterocycles. The molecule has 4 aromatic rings. The number of H-pyrrole nitrogens is 1. The molecule has 0 saturated heterocycles. The molecule has 0 spiro atoms. The molecule has 2 N–H and O–H groups in total. The number of rotatable bonds is 7. The fourth-order valence-corrected chi connectivity index (χ4v) is 3.79. The van der Waals surface area contributed by atoms with Crippen LogP contribution in [0.2, 0.25) is 0 Å². The van der Waals surface area contributed by atoms with E-state index in [1.54, 1.807) is 12.3 Å². The highest BCUT2D eigenvalue weighted by Gasteiger charge is 2.37. The molecule has 0 radical (unpaired) electrons. The number of ketones is 1. The van der Waals surface area contributed by atoms with Crippen molar-refractivity contribution >= 4 is 22.6 Å². The van der Waals surface area contributed by atoms with E-state index < -0.39 is 23.9 Å². The summed E-state index contributed by atoms with van der Waals surface area (Å²) in [7, 11) is 0. The van der Waals surface area contributed by atoms with Crippen LogP contribution >= 0.6 is 0 Å². The summed E-state index contributed by atoms with van der Waals surface area (Å²) in [5, 5.41) is 2.30. The van der Waals surface area contributed by atoms with Crippen molar-refractivity contribution in [1.29, 1.82) is 0 Å².